The van der Waals surface area contributed by atoms with Gasteiger partial charge in [0.05, 0.1) is 5.69 Å². The number of anilines is 2. The molecule has 0 aliphatic carbocycles. The van der Waals surface area contributed by atoms with Gasteiger partial charge in [0, 0.05) is 43.4 Å². The van der Waals surface area contributed by atoms with E-state index in [9.17, 15) is 0 Å². The largest absolute Gasteiger partial charge is 0.352 e. The summed E-state index contributed by atoms with van der Waals surface area (Å²) in [6.45, 7) is 7.81. The van der Waals surface area contributed by atoms with Gasteiger partial charge in [-0.1, -0.05) is 0 Å². The fraction of sp³-hybridized carbons (Fsp3) is 0.375. The zero-order valence-corrected chi connectivity index (χ0v) is 14.6. The fourth-order valence-corrected chi connectivity index (χ4v) is 3.58. The van der Waals surface area contributed by atoms with Crippen molar-refractivity contribution >= 4 is 22.3 Å². The Hall–Kier alpha value is -2.48. The van der Waals surface area contributed by atoms with Crippen LogP contribution in [0, 0.1) is 13.8 Å². The predicted octanol–water partition coefficient (Wildman–Crippen LogP) is 2.06. The molecule has 4 rings (SSSR count). The molecule has 0 unspecified atom stereocenters. The van der Waals surface area contributed by atoms with Crippen LogP contribution >= 0.6 is 11.3 Å². The van der Waals surface area contributed by atoms with Gasteiger partial charge in [-0.25, -0.2) is 9.67 Å². The molecule has 0 radical (unpaired) electrons. The van der Waals surface area contributed by atoms with Gasteiger partial charge in [0.2, 0.25) is 0 Å². The molecule has 0 N–H and O–H groups in total. The molecule has 0 saturated carbocycles. The lowest BCUT2D eigenvalue weighted by molar-refractivity contribution is 0.641. The molecule has 1 saturated heterocycles. The van der Waals surface area contributed by atoms with Gasteiger partial charge in [-0.2, -0.15) is 5.10 Å². The Labute approximate surface area is 144 Å². The van der Waals surface area contributed by atoms with Crippen LogP contribution in [0.25, 0.3) is 5.82 Å². The minimum absolute atomic E-state index is 0.740. The van der Waals surface area contributed by atoms with E-state index in [4.69, 9.17) is 0 Å². The van der Waals surface area contributed by atoms with E-state index < -0.39 is 0 Å². The Bertz CT molecular complexity index is 815. The van der Waals surface area contributed by atoms with Crippen molar-refractivity contribution in [3.8, 4) is 5.82 Å². The predicted molar refractivity (Wildman–Crippen MR) is 95.2 cm³/mol. The van der Waals surface area contributed by atoms with Gasteiger partial charge in [0.1, 0.15) is 0 Å². The summed E-state index contributed by atoms with van der Waals surface area (Å²) in [7, 11) is 0. The van der Waals surface area contributed by atoms with Gasteiger partial charge in [0.15, 0.2) is 16.8 Å². The maximum atomic E-state index is 4.47. The van der Waals surface area contributed by atoms with Crippen LogP contribution in [0.1, 0.15) is 10.6 Å². The highest BCUT2D eigenvalue weighted by molar-refractivity contribution is 7.15. The van der Waals surface area contributed by atoms with E-state index in [1.165, 1.54) is 4.88 Å². The van der Waals surface area contributed by atoms with Crippen LogP contribution in [-0.4, -0.2) is 51.1 Å². The second kappa shape index (κ2) is 6.20. The van der Waals surface area contributed by atoms with E-state index in [0.717, 1.165) is 48.6 Å². The molecule has 1 aliphatic rings. The average Bonchev–Trinajstić information content (AvgIpc) is 3.24. The molecular formula is C16H19N7S. The third-order valence-corrected chi connectivity index (χ3v) is 5.05. The van der Waals surface area contributed by atoms with Gasteiger partial charge in [-0.3, -0.25) is 0 Å². The normalized spacial score (nSPS) is 15.1. The Kier molecular flexibility index (Phi) is 3.89. The Balaban J connectivity index is 1.42. The van der Waals surface area contributed by atoms with Crippen molar-refractivity contribution in [2.75, 3.05) is 36.0 Å². The maximum Gasteiger partial charge on any atom is 0.185 e. The molecule has 7 nitrogen and oxygen atoms in total. The van der Waals surface area contributed by atoms with E-state index in [1.807, 2.05) is 37.5 Å². The summed E-state index contributed by atoms with van der Waals surface area (Å²) in [6, 6.07) is 5.93. The van der Waals surface area contributed by atoms with E-state index in [-0.39, 0.29) is 0 Å². The monoisotopic (exact) mass is 341 g/mol. The summed E-state index contributed by atoms with van der Waals surface area (Å²) in [5.74, 6) is 1.65. The molecule has 0 aromatic carbocycles. The van der Waals surface area contributed by atoms with E-state index >= 15 is 0 Å². The van der Waals surface area contributed by atoms with Crippen molar-refractivity contribution in [3.05, 3.63) is 41.2 Å². The molecule has 3 aromatic heterocycles. The second-order valence-corrected chi connectivity index (χ2v) is 7.09. The summed E-state index contributed by atoms with van der Waals surface area (Å²) >= 11 is 1.75. The van der Waals surface area contributed by atoms with Gasteiger partial charge in [0.25, 0.3) is 0 Å². The van der Waals surface area contributed by atoms with Gasteiger partial charge in [-0.15, -0.1) is 21.5 Å². The van der Waals surface area contributed by atoms with Gasteiger partial charge in [-0.05, 0) is 32.0 Å². The van der Waals surface area contributed by atoms with E-state index in [2.05, 4.69) is 37.0 Å². The third-order valence-electron chi connectivity index (χ3n) is 4.08. The van der Waals surface area contributed by atoms with Crippen LogP contribution in [0.3, 0.4) is 0 Å². The highest BCUT2D eigenvalue weighted by atomic mass is 32.1. The number of thiazole rings is 1. The van der Waals surface area contributed by atoms with Crippen molar-refractivity contribution < 1.29 is 0 Å². The molecule has 0 atom stereocenters. The average molecular weight is 341 g/mol. The zero-order valence-electron chi connectivity index (χ0n) is 13.8. The number of piperazine rings is 1. The molecule has 0 amide bonds. The first-order valence-electron chi connectivity index (χ1n) is 7.98. The van der Waals surface area contributed by atoms with Crippen molar-refractivity contribution in [2.24, 2.45) is 0 Å². The number of hydrogen-bond donors (Lipinski definition) is 0. The van der Waals surface area contributed by atoms with Crippen LogP contribution in [-0.2, 0) is 0 Å². The summed E-state index contributed by atoms with van der Waals surface area (Å²) in [5, 5.41) is 14.1. The Morgan fingerprint density at radius 2 is 1.62 bits per heavy atom. The third kappa shape index (κ3) is 2.96. The van der Waals surface area contributed by atoms with Crippen molar-refractivity contribution in [1.82, 2.24) is 25.0 Å². The van der Waals surface area contributed by atoms with E-state index in [0.29, 0.717) is 0 Å². The Morgan fingerprint density at radius 1 is 0.917 bits per heavy atom. The summed E-state index contributed by atoms with van der Waals surface area (Å²) in [5.41, 5.74) is 0.967. The fourth-order valence-electron chi connectivity index (χ4n) is 2.77. The molecule has 0 spiro atoms. The smallest absolute Gasteiger partial charge is 0.185 e. The number of aryl methyl sites for hydroxylation is 2. The molecule has 4 heterocycles. The molecule has 24 heavy (non-hydrogen) atoms. The van der Waals surface area contributed by atoms with Gasteiger partial charge >= 0.3 is 0 Å². The van der Waals surface area contributed by atoms with Crippen LogP contribution in [0.5, 0.6) is 0 Å². The molecule has 3 aromatic rings. The number of nitrogens with zero attached hydrogens (tertiary/aromatic N) is 7. The first kappa shape index (κ1) is 15.1. The minimum Gasteiger partial charge on any atom is -0.352 e. The first-order valence-corrected chi connectivity index (χ1v) is 8.79. The molecule has 1 aliphatic heterocycles. The lowest BCUT2D eigenvalue weighted by Crippen LogP contribution is -2.46. The molecule has 124 valence electrons. The van der Waals surface area contributed by atoms with Crippen molar-refractivity contribution in [1.29, 1.82) is 0 Å². The summed E-state index contributed by atoms with van der Waals surface area (Å²) < 4.78 is 1.74. The summed E-state index contributed by atoms with van der Waals surface area (Å²) in [6.07, 6.45) is 3.83. The van der Waals surface area contributed by atoms with Crippen LogP contribution < -0.4 is 9.80 Å². The quantitative estimate of drug-likeness (QED) is 0.727. The zero-order chi connectivity index (χ0) is 16.5. The van der Waals surface area contributed by atoms with Crippen molar-refractivity contribution in [3.63, 3.8) is 0 Å². The highest BCUT2D eigenvalue weighted by Crippen LogP contribution is 2.23. The lowest BCUT2D eigenvalue weighted by Gasteiger charge is -2.34. The van der Waals surface area contributed by atoms with Gasteiger partial charge < -0.3 is 9.80 Å². The standard InChI is InChI=1S/C16H19N7S/c1-12-5-6-23(20-12)15-4-3-14(18-19-15)21-7-9-22(10-8-21)16-17-11-13(2)24-16/h3-6,11H,7-10H2,1-2H3. The highest BCUT2D eigenvalue weighted by Gasteiger charge is 2.20. The summed E-state index contributed by atoms with van der Waals surface area (Å²) in [4.78, 5) is 10.3. The number of aromatic nitrogens is 5. The maximum absolute atomic E-state index is 4.47. The van der Waals surface area contributed by atoms with Crippen molar-refractivity contribution in [2.45, 2.75) is 13.8 Å². The lowest BCUT2D eigenvalue weighted by atomic mass is 10.3. The molecule has 1 fully saturated rings. The Morgan fingerprint density at radius 3 is 2.21 bits per heavy atom. The SMILES string of the molecule is Cc1ccn(-c2ccc(N3CCN(c4ncc(C)s4)CC3)nn2)n1. The van der Waals surface area contributed by atoms with Crippen LogP contribution in [0.4, 0.5) is 10.9 Å². The topological polar surface area (TPSA) is 63.0 Å². The van der Waals surface area contributed by atoms with E-state index in [1.54, 1.807) is 16.0 Å². The second-order valence-electron chi connectivity index (χ2n) is 5.88. The van der Waals surface area contributed by atoms with Crippen LogP contribution in [0.15, 0.2) is 30.6 Å². The van der Waals surface area contributed by atoms with Crippen LogP contribution in [0.2, 0.25) is 0 Å². The number of rotatable bonds is 3. The first-order chi connectivity index (χ1) is 11.7. The molecular weight excluding hydrogens is 322 g/mol. The number of hydrogen-bond acceptors (Lipinski definition) is 7. The minimum atomic E-state index is 0.740. The molecule has 0 bridgehead atoms. The molecule has 8 heteroatoms.